The number of nitrogens with zero attached hydrogens (tertiary/aromatic N) is 2. The molecule has 0 saturated carbocycles. The van der Waals surface area contributed by atoms with Gasteiger partial charge >= 0.3 is 5.69 Å². The normalized spacial score (nSPS) is 23.2. The van der Waals surface area contributed by atoms with E-state index < -0.39 is 17.1 Å². The number of nitrogens with two attached hydrogens (primary N) is 1. The first kappa shape index (κ1) is 13.5. The van der Waals surface area contributed by atoms with Crippen LogP contribution in [0.2, 0.25) is 0 Å². The van der Waals surface area contributed by atoms with E-state index in [1.165, 1.54) is 13.2 Å². The van der Waals surface area contributed by atoms with Crippen LogP contribution in [0.1, 0.15) is 6.42 Å². The maximum atomic E-state index is 13.6. The van der Waals surface area contributed by atoms with Crippen molar-refractivity contribution in [3.63, 3.8) is 0 Å². The van der Waals surface area contributed by atoms with E-state index in [9.17, 15) is 14.5 Å². The largest absolute Gasteiger partial charge is 0.490 e. The van der Waals surface area contributed by atoms with Gasteiger partial charge in [-0.1, -0.05) is 0 Å². The number of nitro benzene ring substituents is 1. The van der Waals surface area contributed by atoms with Crippen LogP contribution in [0.5, 0.6) is 5.75 Å². The number of benzene rings is 1. The zero-order chi connectivity index (χ0) is 14.0. The second kappa shape index (κ2) is 5.40. The second-order valence-electron chi connectivity index (χ2n) is 4.53. The molecule has 1 aromatic rings. The molecule has 2 rings (SSSR count). The zero-order valence-corrected chi connectivity index (χ0v) is 10.6. The number of nitro groups is 1. The van der Waals surface area contributed by atoms with Crippen LogP contribution in [0.4, 0.5) is 15.8 Å². The van der Waals surface area contributed by atoms with Crippen LogP contribution in [0, 0.1) is 10.1 Å². The average Bonchev–Trinajstić information content (AvgIpc) is 2.41. The summed E-state index contributed by atoms with van der Waals surface area (Å²) in [5.41, 5.74) is 6.23. The molecule has 6 nitrogen and oxygen atoms in total. The van der Waals surface area contributed by atoms with Gasteiger partial charge < -0.3 is 15.4 Å². The molecule has 0 amide bonds. The van der Waals surface area contributed by atoms with Crippen molar-refractivity contribution in [2.24, 2.45) is 5.73 Å². The molecule has 0 bridgehead atoms. The summed E-state index contributed by atoms with van der Waals surface area (Å²) >= 11 is 0. The third-order valence-electron chi connectivity index (χ3n) is 3.32. The lowest BCUT2D eigenvalue weighted by Crippen LogP contribution is -2.48. The molecular formula is C12H16FN3O3. The SMILES string of the molecule is COc1cc(N2CCC(N)C(F)C2)ccc1[N+](=O)[O-]. The summed E-state index contributed by atoms with van der Waals surface area (Å²) in [6.45, 7) is 0.824. The highest BCUT2D eigenvalue weighted by molar-refractivity contribution is 5.59. The Hall–Kier alpha value is -1.89. The number of hydrogen-bond donors (Lipinski definition) is 1. The van der Waals surface area contributed by atoms with Gasteiger partial charge in [-0.2, -0.15) is 0 Å². The van der Waals surface area contributed by atoms with Gasteiger partial charge in [0.2, 0.25) is 0 Å². The molecule has 104 valence electrons. The Bertz CT molecular complexity index is 483. The van der Waals surface area contributed by atoms with Crippen LogP contribution < -0.4 is 15.4 Å². The number of rotatable bonds is 3. The highest BCUT2D eigenvalue weighted by Gasteiger charge is 2.27. The van der Waals surface area contributed by atoms with Gasteiger partial charge in [-0.3, -0.25) is 10.1 Å². The van der Waals surface area contributed by atoms with Crippen molar-refractivity contribution in [3.05, 3.63) is 28.3 Å². The van der Waals surface area contributed by atoms with E-state index in [1.807, 2.05) is 4.90 Å². The van der Waals surface area contributed by atoms with E-state index in [2.05, 4.69) is 0 Å². The first-order valence-electron chi connectivity index (χ1n) is 6.00. The van der Waals surface area contributed by atoms with Gasteiger partial charge in [0, 0.05) is 30.4 Å². The quantitative estimate of drug-likeness (QED) is 0.664. The predicted molar refractivity (Wildman–Crippen MR) is 69.3 cm³/mol. The van der Waals surface area contributed by atoms with Crippen LogP contribution in [-0.4, -0.2) is 37.3 Å². The Labute approximate surface area is 110 Å². The second-order valence-corrected chi connectivity index (χ2v) is 4.53. The maximum Gasteiger partial charge on any atom is 0.311 e. The minimum atomic E-state index is -1.09. The molecule has 1 aliphatic rings. The molecule has 2 unspecified atom stereocenters. The van der Waals surface area contributed by atoms with Crippen LogP contribution in [-0.2, 0) is 0 Å². The molecular weight excluding hydrogens is 253 g/mol. The van der Waals surface area contributed by atoms with Crippen molar-refractivity contribution >= 4 is 11.4 Å². The fraction of sp³-hybridized carbons (Fsp3) is 0.500. The van der Waals surface area contributed by atoms with Crippen LogP contribution in [0.3, 0.4) is 0 Å². The van der Waals surface area contributed by atoms with Gasteiger partial charge in [-0.15, -0.1) is 0 Å². The Morgan fingerprint density at radius 2 is 2.32 bits per heavy atom. The Morgan fingerprint density at radius 1 is 1.58 bits per heavy atom. The van der Waals surface area contributed by atoms with E-state index in [-0.39, 0.29) is 18.0 Å². The van der Waals surface area contributed by atoms with Crippen molar-refractivity contribution in [3.8, 4) is 5.75 Å². The van der Waals surface area contributed by atoms with E-state index in [0.717, 1.165) is 0 Å². The van der Waals surface area contributed by atoms with Crippen molar-refractivity contribution in [2.45, 2.75) is 18.6 Å². The van der Waals surface area contributed by atoms with E-state index >= 15 is 0 Å². The summed E-state index contributed by atoms with van der Waals surface area (Å²) in [4.78, 5) is 12.1. The summed E-state index contributed by atoms with van der Waals surface area (Å²) in [5, 5.41) is 10.8. The lowest BCUT2D eigenvalue weighted by atomic mass is 10.0. The lowest BCUT2D eigenvalue weighted by molar-refractivity contribution is -0.385. The number of hydrogen-bond acceptors (Lipinski definition) is 5. The maximum absolute atomic E-state index is 13.6. The fourth-order valence-corrected chi connectivity index (χ4v) is 2.17. The number of ether oxygens (including phenoxy) is 1. The van der Waals surface area contributed by atoms with Crippen LogP contribution in [0.15, 0.2) is 18.2 Å². The fourth-order valence-electron chi connectivity index (χ4n) is 2.17. The van der Waals surface area contributed by atoms with Crippen molar-refractivity contribution in [1.82, 2.24) is 0 Å². The van der Waals surface area contributed by atoms with E-state index in [1.54, 1.807) is 12.1 Å². The van der Waals surface area contributed by atoms with Crippen molar-refractivity contribution in [1.29, 1.82) is 0 Å². The van der Waals surface area contributed by atoms with Crippen LogP contribution in [0.25, 0.3) is 0 Å². The first-order valence-corrected chi connectivity index (χ1v) is 6.00. The number of piperidine rings is 1. The van der Waals surface area contributed by atoms with E-state index in [0.29, 0.717) is 18.7 Å². The molecule has 0 aliphatic carbocycles. The van der Waals surface area contributed by atoms with Gasteiger partial charge in [0.25, 0.3) is 0 Å². The number of alkyl halides is 1. The highest BCUT2D eigenvalue weighted by Crippen LogP contribution is 2.32. The minimum Gasteiger partial charge on any atom is -0.490 e. The Morgan fingerprint density at radius 3 is 2.89 bits per heavy atom. The molecule has 1 aromatic carbocycles. The molecule has 1 heterocycles. The van der Waals surface area contributed by atoms with Crippen LogP contribution >= 0.6 is 0 Å². The molecule has 2 atom stereocenters. The standard InChI is InChI=1S/C12H16FN3O3/c1-19-12-6-8(2-3-11(12)16(17)18)15-5-4-10(14)9(13)7-15/h2-3,6,9-10H,4-5,7,14H2,1H3. The summed E-state index contributed by atoms with van der Waals surface area (Å²) in [5.74, 6) is 0.174. The molecule has 1 saturated heterocycles. The minimum absolute atomic E-state index is 0.100. The number of anilines is 1. The summed E-state index contributed by atoms with van der Waals surface area (Å²) in [6, 6.07) is 4.10. The molecule has 0 radical (unpaired) electrons. The number of methoxy groups -OCH3 is 1. The van der Waals surface area contributed by atoms with Gasteiger partial charge in [0.1, 0.15) is 6.17 Å². The van der Waals surface area contributed by atoms with Crippen molar-refractivity contribution in [2.75, 3.05) is 25.1 Å². The molecule has 0 spiro atoms. The van der Waals surface area contributed by atoms with E-state index in [4.69, 9.17) is 10.5 Å². The third-order valence-corrected chi connectivity index (χ3v) is 3.32. The van der Waals surface area contributed by atoms with Gasteiger partial charge in [-0.05, 0) is 12.5 Å². The molecule has 19 heavy (non-hydrogen) atoms. The zero-order valence-electron chi connectivity index (χ0n) is 10.6. The summed E-state index contributed by atoms with van der Waals surface area (Å²) < 4.78 is 18.6. The molecule has 1 fully saturated rings. The predicted octanol–water partition coefficient (Wildman–Crippen LogP) is 1.48. The highest BCUT2D eigenvalue weighted by atomic mass is 19.1. The van der Waals surface area contributed by atoms with Gasteiger partial charge in [-0.25, -0.2) is 4.39 Å². The van der Waals surface area contributed by atoms with Gasteiger partial charge in [0.15, 0.2) is 5.75 Å². The monoisotopic (exact) mass is 269 g/mol. The topological polar surface area (TPSA) is 81.6 Å². The summed E-state index contributed by atoms with van der Waals surface area (Å²) in [6.07, 6.45) is -0.532. The summed E-state index contributed by atoms with van der Waals surface area (Å²) in [7, 11) is 1.37. The first-order chi connectivity index (χ1) is 9.02. The third kappa shape index (κ3) is 2.76. The van der Waals surface area contributed by atoms with Gasteiger partial charge in [0.05, 0.1) is 18.6 Å². The van der Waals surface area contributed by atoms with Crippen molar-refractivity contribution < 1.29 is 14.1 Å². The molecule has 2 N–H and O–H groups in total. The molecule has 1 aliphatic heterocycles. The molecule has 7 heteroatoms. The average molecular weight is 269 g/mol. The lowest BCUT2D eigenvalue weighted by Gasteiger charge is -2.34. The Kier molecular flexibility index (Phi) is 3.84. The number of halogens is 1. The smallest absolute Gasteiger partial charge is 0.311 e. The molecule has 0 aromatic heterocycles. The Balaban J connectivity index is 2.24.